The lowest BCUT2D eigenvalue weighted by Crippen LogP contribution is -2.56. The molecule has 6 rings (SSSR count). The summed E-state index contributed by atoms with van der Waals surface area (Å²) >= 11 is 6.98. The Balaban J connectivity index is 1.57. The molecule has 1 saturated heterocycles. The van der Waals surface area contributed by atoms with Gasteiger partial charge in [-0.25, -0.2) is 14.8 Å². The van der Waals surface area contributed by atoms with Crippen LogP contribution in [-0.4, -0.2) is 68.5 Å². The molecule has 4 heterocycles. The first-order valence-corrected chi connectivity index (χ1v) is 10.7. The van der Waals surface area contributed by atoms with Gasteiger partial charge in [-0.3, -0.25) is 5.10 Å². The zero-order valence-electron chi connectivity index (χ0n) is 17.2. The molecule has 1 atom stereocenters. The Morgan fingerprint density at radius 1 is 1.31 bits per heavy atom. The molecule has 2 aromatic carbocycles. The van der Waals surface area contributed by atoms with Crippen molar-refractivity contribution in [3.05, 3.63) is 41.3 Å². The maximum absolute atomic E-state index is 11.5. The van der Waals surface area contributed by atoms with Gasteiger partial charge in [-0.1, -0.05) is 17.7 Å². The van der Waals surface area contributed by atoms with E-state index in [4.69, 9.17) is 16.3 Å². The summed E-state index contributed by atoms with van der Waals surface area (Å²) in [6.45, 7) is 3.60. The summed E-state index contributed by atoms with van der Waals surface area (Å²) < 4.78 is 6.25. The Morgan fingerprint density at radius 3 is 3.03 bits per heavy atom. The van der Waals surface area contributed by atoms with E-state index in [1.54, 1.807) is 6.20 Å². The van der Waals surface area contributed by atoms with Crippen LogP contribution >= 0.6 is 11.6 Å². The van der Waals surface area contributed by atoms with Crippen LogP contribution in [0.1, 0.15) is 5.56 Å². The summed E-state index contributed by atoms with van der Waals surface area (Å²) in [6.07, 6.45) is 2.41. The highest BCUT2D eigenvalue weighted by molar-refractivity contribution is 6.37. The van der Waals surface area contributed by atoms with E-state index in [2.05, 4.69) is 25.1 Å². The summed E-state index contributed by atoms with van der Waals surface area (Å²) in [6, 6.07) is 5.83. The Kier molecular flexibility index (Phi) is 4.16. The van der Waals surface area contributed by atoms with Crippen LogP contribution in [0.2, 0.25) is 5.02 Å². The molecule has 1 fully saturated rings. The number of carboxylic acid groups (broad SMARTS) is 1. The second kappa shape index (κ2) is 6.96. The van der Waals surface area contributed by atoms with E-state index in [1.807, 2.05) is 25.1 Å². The van der Waals surface area contributed by atoms with Crippen molar-refractivity contribution in [2.45, 2.75) is 13.0 Å². The van der Waals surface area contributed by atoms with Gasteiger partial charge in [0.2, 0.25) is 0 Å². The second-order valence-corrected chi connectivity index (χ2v) is 8.51. The molecular weight excluding hydrogens is 432 g/mol. The number of rotatable bonds is 1. The quantitative estimate of drug-likeness (QED) is 0.455. The van der Waals surface area contributed by atoms with Crippen molar-refractivity contribution < 1.29 is 14.6 Å². The van der Waals surface area contributed by atoms with Crippen molar-refractivity contribution in [1.29, 1.82) is 0 Å². The standard InChI is InChI=1S/C22H19ClN6O3/c1-11-2-3-15-14(7-26-27-15)17(11)13-6-16-18-20(19(13)23)32-9-12-8-28(22(30)31)4-5-29(12)21(18)25-10-24-16/h2-3,6-7,10,12H,4-5,8-9H2,1H3,(H,26,27)(H,30,31)/t12-/m0/s1. The zero-order chi connectivity index (χ0) is 22.0. The zero-order valence-corrected chi connectivity index (χ0v) is 17.9. The van der Waals surface area contributed by atoms with Crippen molar-refractivity contribution in [3.8, 4) is 16.9 Å². The Hall–Kier alpha value is -3.59. The van der Waals surface area contributed by atoms with Gasteiger partial charge in [0, 0.05) is 30.6 Å². The van der Waals surface area contributed by atoms with Gasteiger partial charge in [0.1, 0.15) is 18.8 Å². The number of anilines is 1. The minimum atomic E-state index is -0.928. The fourth-order valence-electron chi connectivity index (χ4n) is 4.80. The highest BCUT2D eigenvalue weighted by atomic mass is 35.5. The summed E-state index contributed by atoms with van der Waals surface area (Å²) in [5.74, 6) is 1.26. The number of benzene rings is 2. The van der Waals surface area contributed by atoms with Crippen LogP contribution in [0.5, 0.6) is 5.75 Å². The van der Waals surface area contributed by atoms with E-state index in [1.165, 1.54) is 11.2 Å². The largest absolute Gasteiger partial charge is 0.489 e. The molecule has 0 radical (unpaired) electrons. The molecule has 0 spiro atoms. The molecule has 4 aromatic rings. The van der Waals surface area contributed by atoms with Crippen LogP contribution in [-0.2, 0) is 0 Å². The number of carbonyl (C=O) groups is 1. The summed E-state index contributed by atoms with van der Waals surface area (Å²) in [5.41, 5.74) is 4.50. The lowest BCUT2D eigenvalue weighted by Gasteiger charge is -2.39. The number of nitrogens with zero attached hydrogens (tertiary/aromatic N) is 5. The molecule has 2 N–H and O–H groups in total. The smallest absolute Gasteiger partial charge is 0.407 e. The number of amides is 1. The maximum atomic E-state index is 11.5. The molecular formula is C22H19ClN6O3. The fourth-order valence-corrected chi connectivity index (χ4v) is 5.10. The van der Waals surface area contributed by atoms with Crippen molar-refractivity contribution in [2.75, 3.05) is 31.1 Å². The average Bonchev–Trinajstić information content (AvgIpc) is 3.19. The van der Waals surface area contributed by atoms with Gasteiger partial charge in [0.15, 0.2) is 5.75 Å². The van der Waals surface area contributed by atoms with E-state index >= 15 is 0 Å². The molecule has 2 aliphatic heterocycles. The minimum Gasteiger partial charge on any atom is -0.489 e. The van der Waals surface area contributed by atoms with E-state index < -0.39 is 6.09 Å². The molecule has 162 valence electrons. The highest BCUT2D eigenvalue weighted by Gasteiger charge is 2.35. The predicted molar refractivity (Wildman–Crippen MR) is 121 cm³/mol. The lowest BCUT2D eigenvalue weighted by molar-refractivity contribution is 0.127. The third-order valence-corrected chi connectivity index (χ3v) is 6.72. The van der Waals surface area contributed by atoms with E-state index in [0.29, 0.717) is 37.0 Å². The monoisotopic (exact) mass is 450 g/mol. The van der Waals surface area contributed by atoms with Gasteiger partial charge >= 0.3 is 6.09 Å². The number of fused-ring (bicyclic) bond motifs is 3. The normalized spacial score (nSPS) is 17.9. The van der Waals surface area contributed by atoms with E-state index in [9.17, 15) is 9.90 Å². The van der Waals surface area contributed by atoms with Crippen molar-refractivity contribution in [1.82, 2.24) is 25.1 Å². The first-order chi connectivity index (χ1) is 15.5. The number of aromatic nitrogens is 4. The molecule has 0 saturated carbocycles. The van der Waals surface area contributed by atoms with Gasteiger partial charge in [-0.2, -0.15) is 5.10 Å². The third kappa shape index (κ3) is 2.70. The number of nitrogens with one attached hydrogen (secondary N) is 1. The third-order valence-electron chi connectivity index (χ3n) is 6.35. The van der Waals surface area contributed by atoms with Gasteiger partial charge in [0.05, 0.1) is 33.7 Å². The van der Waals surface area contributed by atoms with Crippen molar-refractivity contribution in [3.63, 3.8) is 0 Å². The Labute approximate surface area is 187 Å². The molecule has 0 unspecified atom stereocenters. The number of H-pyrrole nitrogens is 1. The lowest BCUT2D eigenvalue weighted by atomic mass is 9.95. The van der Waals surface area contributed by atoms with Gasteiger partial charge in [-0.15, -0.1) is 0 Å². The fraction of sp³-hybridized carbons (Fsp3) is 0.273. The number of hydrogen-bond acceptors (Lipinski definition) is 6. The number of ether oxygens (including phenoxy) is 1. The molecule has 2 aliphatic rings. The number of halogens is 1. The summed E-state index contributed by atoms with van der Waals surface area (Å²) in [5, 5.41) is 18.8. The minimum absolute atomic E-state index is 0.163. The molecule has 0 aliphatic carbocycles. The van der Waals surface area contributed by atoms with Crippen LogP contribution < -0.4 is 9.64 Å². The highest BCUT2D eigenvalue weighted by Crippen LogP contribution is 2.47. The van der Waals surface area contributed by atoms with Crippen LogP contribution in [0.15, 0.2) is 30.7 Å². The predicted octanol–water partition coefficient (Wildman–Crippen LogP) is 3.70. The number of aromatic amines is 1. The first kappa shape index (κ1) is 19.1. The molecule has 32 heavy (non-hydrogen) atoms. The van der Waals surface area contributed by atoms with Gasteiger partial charge < -0.3 is 19.6 Å². The average molecular weight is 451 g/mol. The summed E-state index contributed by atoms with van der Waals surface area (Å²) in [7, 11) is 0. The van der Waals surface area contributed by atoms with Crippen molar-refractivity contribution >= 4 is 45.3 Å². The Morgan fingerprint density at radius 2 is 2.19 bits per heavy atom. The van der Waals surface area contributed by atoms with Gasteiger partial charge in [-0.05, 0) is 30.2 Å². The molecule has 9 nitrogen and oxygen atoms in total. The number of hydrogen-bond donors (Lipinski definition) is 2. The van der Waals surface area contributed by atoms with Crippen LogP contribution in [0.4, 0.5) is 10.6 Å². The maximum Gasteiger partial charge on any atom is 0.407 e. The first-order valence-electron chi connectivity index (χ1n) is 10.3. The van der Waals surface area contributed by atoms with Crippen molar-refractivity contribution in [2.24, 2.45) is 0 Å². The summed E-state index contributed by atoms with van der Waals surface area (Å²) in [4.78, 5) is 24.1. The molecule has 0 bridgehead atoms. The molecule has 2 aromatic heterocycles. The molecule has 10 heteroatoms. The SMILES string of the molecule is Cc1ccc2[nH]ncc2c1-c1cc2ncnc3c2c(c1Cl)OC[C@@H]1CN(C(=O)O)CCN31. The van der Waals surface area contributed by atoms with Gasteiger partial charge in [0.25, 0.3) is 0 Å². The number of aryl methyl sites for hydroxylation is 1. The number of piperazine rings is 1. The van der Waals surface area contributed by atoms with Crippen LogP contribution in [0.25, 0.3) is 32.9 Å². The van der Waals surface area contributed by atoms with Crippen LogP contribution in [0.3, 0.4) is 0 Å². The Bertz CT molecular complexity index is 1400. The van der Waals surface area contributed by atoms with Crippen LogP contribution in [0, 0.1) is 6.92 Å². The van der Waals surface area contributed by atoms with E-state index in [0.717, 1.165) is 44.3 Å². The molecule has 1 amide bonds. The van der Waals surface area contributed by atoms with E-state index in [-0.39, 0.29) is 6.04 Å². The topological polar surface area (TPSA) is 107 Å². The second-order valence-electron chi connectivity index (χ2n) is 8.13.